The summed E-state index contributed by atoms with van der Waals surface area (Å²) in [6, 6.07) is 7.03. The largest absolute Gasteiger partial charge is 0.350 e. The Morgan fingerprint density at radius 1 is 1.09 bits per heavy atom. The molecule has 4 rings (SSSR count). The Bertz CT molecular complexity index is 1270. The van der Waals surface area contributed by atoms with Gasteiger partial charge in [-0.25, -0.2) is 14.8 Å². The van der Waals surface area contributed by atoms with Crippen molar-refractivity contribution >= 4 is 5.91 Å². The van der Waals surface area contributed by atoms with Crippen LogP contribution in [0.25, 0.3) is 11.3 Å². The molecule has 0 spiro atoms. The summed E-state index contributed by atoms with van der Waals surface area (Å²) >= 11 is 0. The fraction of sp³-hybridized carbons (Fsp3) is 0.417. The van der Waals surface area contributed by atoms with Gasteiger partial charge >= 0.3 is 5.69 Å². The summed E-state index contributed by atoms with van der Waals surface area (Å²) in [6.45, 7) is 2.40. The molecule has 9 heteroatoms. The van der Waals surface area contributed by atoms with Gasteiger partial charge in [0.05, 0.1) is 11.4 Å². The molecule has 1 N–H and O–H groups in total. The second-order valence-corrected chi connectivity index (χ2v) is 8.63. The predicted octanol–water partition coefficient (Wildman–Crippen LogP) is 1.95. The Hall–Kier alpha value is -3.62. The van der Waals surface area contributed by atoms with Crippen LogP contribution >= 0.6 is 0 Å². The Kier molecular flexibility index (Phi) is 6.48. The molecule has 1 amide bonds. The lowest BCUT2D eigenvalue weighted by Crippen LogP contribution is -2.42. The molecule has 1 fully saturated rings. The van der Waals surface area contributed by atoms with Crippen LogP contribution in [0.5, 0.6) is 0 Å². The summed E-state index contributed by atoms with van der Waals surface area (Å²) in [6.07, 6.45) is 7.45. The molecule has 3 aromatic heterocycles. The zero-order valence-electron chi connectivity index (χ0n) is 19.1. The number of carbonyl (C=O) groups is 1. The van der Waals surface area contributed by atoms with Gasteiger partial charge < -0.3 is 5.32 Å². The smallest absolute Gasteiger partial charge is 0.331 e. The van der Waals surface area contributed by atoms with E-state index in [1.807, 2.05) is 31.3 Å². The van der Waals surface area contributed by atoms with Gasteiger partial charge in [-0.15, -0.1) is 0 Å². The second kappa shape index (κ2) is 9.48. The minimum Gasteiger partial charge on any atom is -0.350 e. The first-order chi connectivity index (χ1) is 15.8. The number of nitrogens with one attached hydrogen (secondary N) is 1. The summed E-state index contributed by atoms with van der Waals surface area (Å²) in [5, 5.41) is 2.90. The van der Waals surface area contributed by atoms with E-state index in [9.17, 15) is 14.4 Å². The molecule has 0 saturated heterocycles. The van der Waals surface area contributed by atoms with Crippen LogP contribution in [0.15, 0.2) is 46.2 Å². The highest BCUT2D eigenvalue weighted by Gasteiger charge is 2.27. The molecule has 1 saturated carbocycles. The highest BCUT2D eigenvalue weighted by molar-refractivity contribution is 5.92. The second-order valence-electron chi connectivity index (χ2n) is 8.63. The van der Waals surface area contributed by atoms with Crippen LogP contribution in [0.1, 0.15) is 53.6 Å². The molecule has 3 aromatic rings. The van der Waals surface area contributed by atoms with Crippen molar-refractivity contribution in [1.29, 1.82) is 0 Å². The van der Waals surface area contributed by atoms with E-state index in [-0.39, 0.29) is 5.69 Å². The third-order valence-corrected chi connectivity index (χ3v) is 6.42. The van der Waals surface area contributed by atoms with Crippen molar-refractivity contribution in [2.75, 3.05) is 6.54 Å². The monoisotopic (exact) mass is 448 g/mol. The van der Waals surface area contributed by atoms with Crippen LogP contribution in [-0.2, 0) is 14.1 Å². The Morgan fingerprint density at radius 3 is 2.55 bits per heavy atom. The number of pyridine rings is 1. The summed E-state index contributed by atoms with van der Waals surface area (Å²) in [7, 11) is 2.88. The lowest BCUT2D eigenvalue weighted by Gasteiger charge is -2.29. The molecular formula is C24H28N6O3. The van der Waals surface area contributed by atoms with E-state index in [2.05, 4.69) is 15.3 Å². The Balaban J connectivity index is 1.41. The first-order valence-corrected chi connectivity index (χ1v) is 11.2. The highest BCUT2D eigenvalue weighted by atomic mass is 16.2. The van der Waals surface area contributed by atoms with Gasteiger partial charge in [-0.05, 0) is 50.7 Å². The van der Waals surface area contributed by atoms with Crippen LogP contribution < -0.4 is 16.6 Å². The van der Waals surface area contributed by atoms with Crippen molar-refractivity contribution in [3.8, 4) is 11.3 Å². The molecule has 0 aromatic carbocycles. The third-order valence-electron chi connectivity index (χ3n) is 6.42. The van der Waals surface area contributed by atoms with Crippen molar-refractivity contribution in [1.82, 2.24) is 29.4 Å². The van der Waals surface area contributed by atoms with Crippen LogP contribution in [0, 0.1) is 12.8 Å². The summed E-state index contributed by atoms with van der Waals surface area (Å²) in [5.74, 6) is 0.987. The maximum atomic E-state index is 12.6. The van der Waals surface area contributed by atoms with E-state index in [0.29, 0.717) is 18.4 Å². The van der Waals surface area contributed by atoms with Gasteiger partial charge in [0.2, 0.25) is 0 Å². The molecule has 0 aliphatic heterocycles. The summed E-state index contributed by atoms with van der Waals surface area (Å²) in [4.78, 5) is 50.2. The third kappa shape index (κ3) is 4.76. The number of hydrogen-bond donors (Lipinski definition) is 1. The van der Waals surface area contributed by atoms with Crippen LogP contribution in [0.4, 0.5) is 0 Å². The first-order valence-electron chi connectivity index (χ1n) is 11.2. The van der Waals surface area contributed by atoms with Crippen molar-refractivity contribution in [2.45, 2.75) is 38.5 Å². The average molecular weight is 449 g/mol. The lowest BCUT2D eigenvalue weighted by molar-refractivity contribution is 0.0932. The zero-order chi connectivity index (χ0) is 23.5. The number of aromatic nitrogens is 5. The van der Waals surface area contributed by atoms with Gasteiger partial charge in [-0.2, -0.15) is 0 Å². The van der Waals surface area contributed by atoms with E-state index in [0.717, 1.165) is 53.0 Å². The van der Waals surface area contributed by atoms with Crippen LogP contribution in [0.2, 0.25) is 0 Å². The molecular weight excluding hydrogens is 420 g/mol. The molecule has 0 atom stereocenters. The number of nitrogens with zero attached hydrogens (tertiary/aromatic N) is 5. The molecule has 0 bridgehead atoms. The van der Waals surface area contributed by atoms with E-state index in [1.54, 1.807) is 6.20 Å². The van der Waals surface area contributed by atoms with Gasteiger partial charge in [0, 0.05) is 50.6 Å². The number of carbonyl (C=O) groups excluding carboxylic acids is 1. The maximum Gasteiger partial charge on any atom is 0.331 e. The molecule has 33 heavy (non-hydrogen) atoms. The highest BCUT2D eigenvalue weighted by Crippen LogP contribution is 2.38. The first kappa shape index (κ1) is 22.6. The van der Waals surface area contributed by atoms with Gasteiger partial charge in [-0.3, -0.25) is 23.7 Å². The van der Waals surface area contributed by atoms with Crippen molar-refractivity contribution in [2.24, 2.45) is 20.0 Å². The van der Waals surface area contributed by atoms with Crippen molar-refractivity contribution < 1.29 is 4.79 Å². The molecule has 1 aliphatic carbocycles. The zero-order valence-corrected chi connectivity index (χ0v) is 19.1. The maximum absolute atomic E-state index is 12.6. The predicted molar refractivity (Wildman–Crippen MR) is 124 cm³/mol. The number of hydrogen-bond acceptors (Lipinski definition) is 6. The van der Waals surface area contributed by atoms with E-state index in [4.69, 9.17) is 4.98 Å². The quantitative estimate of drug-likeness (QED) is 0.639. The Labute approximate surface area is 191 Å². The number of rotatable bonds is 5. The molecule has 1 aliphatic rings. The fourth-order valence-corrected chi connectivity index (χ4v) is 4.44. The van der Waals surface area contributed by atoms with Crippen molar-refractivity contribution in [3.05, 3.63) is 74.7 Å². The fourth-order valence-electron chi connectivity index (χ4n) is 4.44. The minimum atomic E-state index is -0.517. The molecule has 9 nitrogen and oxygen atoms in total. The van der Waals surface area contributed by atoms with Crippen molar-refractivity contribution in [3.63, 3.8) is 0 Å². The molecule has 3 heterocycles. The van der Waals surface area contributed by atoms with Crippen LogP contribution in [0.3, 0.4) is 0 Å². The summed E-state index contributed by atoms with van der Waals surface area (Å²) < 4.78 is 2.18. The number of aryl methyl sites for hydroxylation is 1. The SMILES string of the molecule is Cc1ncc(-c2ccccn2)c(C2CCC(CNC(=O)c3cc(=O)n(C)c(=O)n3C)CC2)n1. The van der Waals surface area contributed by atoms with Gasteiger partial charge in [0.1, 0.15) is 11.5 Å². The van der Waals surface area contributed by atoms with E-state index < -0.39 is 17.2 Å². The van der Waals surface area contributed by atoms with Gasteiger partial charge in [0.15, 0.2) is 0 Å². The number of amides is 1. The van der Waals surface area contributed by atoms with Gasteiger partial charge in [0.25, 0.3) is 11.5 Å². The summed E-state index contributed by atoms with van der Waals surface area (Å²) in [5.41, 5.74) is 1.96. The normalized spacial score (nSPS) is 18.2. The standard InChI is InChI=1S/C24H28N6O3/c1-15-26-14-18(19-6-4-5-11-25-19)22(28-15)17-9-7-16(8-10-17)13-27-23(32)20-12-21(31)30(3)24(33)29(20)2/h4-6,11-12,14,16-17H,7-10,13H2,1-3H3,(H,27,32). The average Bonchev–Trinajstić information content (AvgIpc) is 2.84. The molecule has 0 radical (unpaired) electrons. The van der Waals surface area contributed by atoms with Gasteiger partial charge in [-0.1, -0.05) is 6.07 Å². The minimum absolute atomic E-state index is 0.0771. The van der Waals surface area contributed by atoms with E-state index >= 15 is 0 Å². The van der Waals surface area contributed by atoms with Crippen LogP contribution in [-0.4, -0.2) is 36.5 Å². The molecule has 0 unspecified atom stereocenters. The lowest BCUT2D eigenvalue weighted by atomic mass is 9.79. The Morgan fingerprint density at radius 2 is 1.85 bits per heavy atom. The molecule has 172 valence electrons. The van der Waals surface area contributed by atoms with E-state index in [1.165, 1.54) is 24.7 Å². The topological polar surface area (TPSA) is 112 Å².